The van der Waals surface area contributed by atoms with Crippen LogP contribution in [0.25, 0.3) is 0 Å². The van der Waals surface area contributed by atoms with Gasteiger partial charge in [0, 0.05) is 31.6 Å². The van der Waals surface area contributed by atoms with Gasteiger partial charge in [-0.25, -0.2) is 22.7 Å². The number of rotatable bonds is 5. The fourth-order valence-electron chi connectivity index (χ4n) is 1.52. The van der Waals surface area contributed by atoms with E-state index in [2.05, 4.69) is 15.3 Å². The Morgan fingerprint density at radius 3 is 2.29 bits per heavy atom. The van der Waals surface area contributed by atoms with E-state index in [0.717, 1.165) is 5.56 Å². The van der Waals surface area contributed by atoms with E-state index in [9.17, 15) is 8.42 Å². The Bertz CT molecular complexity index is 606. The van der Waals surface area contributed by atoms with Crippen LogP contribution in [0.1, 0.15) is 32.2 Å². The van der Waals surface area contributed by atoms with Crippen molar-refractivity contribution in [2.45, 2.75) is 33.1 Å². The van der Waals surface area contributed by atoms with Gasteiger partial charge in [0.2, 0.25) is 10.0 Å². The van der Waals surface area contributed by atoms with Gasteiger partial charge >= 0.3 is 0 Å². The van der Waals surface area contributed by atoms with Crippen molar-refractivity contribution in [2.24, 2.45) is 0 Å². The van der Waals surface area contributed by atoms with Gasteiger partial charge in [-0.05, 0) is 6.92 Å². The zero-order valence-electron chi connectivity index (χ0n) is 13.6. The van der Waals surface area contributed by atoms with E-state index in [0.29, 0.717) is 17.5 Å². The highest BCUT2D eigenvalue weighted by Crippen LogP contribution is 2.24. The molecule has 0 amide bonds. The molecule has 0 spiro atoms. The highest BCUT2D eigenvalue weighted by Gasteiger charge is 2.20. The van der Waals surface area contributed by atoms with Gasteiger partial charge in [-0.15, -0.1) is 0 Å². The van der Waals surface area contributed by atoms with Gasteiger partial charge in [0.1, 0.15) is 17.5 Å². The molecule has 0 aliphatic heterocycles. The predicted octanol–water partition coefficient (Wildman–Crippen LogP) is 0.968. The summed E-state index contributed by atoms with van der Waals surface area (Å²) in [4.78, 5) is 8.75. The molecule has 3 N–H and O–H groups in total. The third-order valence-corrected chi connectivity index (χ3v) is 4.90. The molecule has 120 valence electrons. The van der Waals surface area contributed by atoms with Crippen molar-refractivity contribution >= 4 is 21.7 Å². The summed E-state index contributed by atoms with van der Waals surface area (Å²) in [6.45, 7) is 8.07. The van der Waals surface area contributed by atoms with Crippen LogP contribution in [-0.2, 0) is 15.4 Å². The molecule has 0 unspecified atom stereocenters. The Hall–Kier alpha value is -1.41. The average Bonchev–Trinajstić information content (AvgIpc) is 2.32. The summed E-state index contributed by atoms with van der Waals surface area (Å²) in [5, 5.41) is 3.04. The van der Waals surface area contributed by atoms with Gasteiger partial charge in [0.25, 0.3) is 0 Å². The smallest absolute Gasteiger partial charge is 0.215 e. The van der Waals surface area contributed by atoms with Crippen molar-refractivity contribution < 1.29 is 8.42 Å². The van der Waals surface area contributed by atoms with Crippen LogP contribution in [-0.4, -0.2) is 49.1 Å². The molecule has 8 heteroatoms. The largest absolute Gasteiger partial charge is 0.383 e. The van der Waals surface area contributed by atoms with Gasteiger partial charge in [-0.3, -0.25) is 0 Å². The lowest BCUT2D eigenvalue weighted by molar-refractivity contribution is 0.521. The molecule has 1 rings (SSSR count). The van der Waals surface area contributed by atoms with Crippen LogP contribution in [0.4, 0.5) is 11.6 Å². The average molecular weight is 315 g/mol. The molecule has 0 fully saturated rings. The summed E-state index contributed by atoms with van der Waals surface area (Å²) in [6.07, 6.45) is 0. The third kappa shape index (κ3) is 4.53. The number of aromatic nitrogens is 2. The van der Waals surface area contributed by atoms with E-state index in [4.69, 9.17) is 5.73 Å². The Morgan fingerprint density at radius 2 is 1.81 bits per heavy atom. The Balaban J connectivity index is 2.92. The van der Waals surface area contributed by atoms with Crippen LogP contribution < -0.4 is 11.1 Å². The van der Waals surface area contributed by atoms with Crippen molar-refractivity contribution in [3.63, 3.8) is 0 Å². The monoisotopic (exact) mass is 315 g/mol. The molecule has 1 aromatic heterocycles. The zero-order chi connectivity index (χ0) is 16.4. The summed E-state index contributed by atoms with van der Waals surface area (Å²) in [7, 11) is -0.204. The van der Waals surface area contributed by atoms with Crippen LogP contribution in [0.15, 0.2) is 0 Å². The van der Waals surface area contributed by atoms with Gasteiger partial charge in [-0.1, -0.05) is 20.8 Å². The summed E-state index contributed by atoms with van der Waals surface area (Å²) >= 11 is 0. The first-order valence-corrected chi connectivity index (χ1v) is 8.34. The van der Waals surface area contributed by atoms with Gasteiger partial charge < -0.3 is 11.1 Å². The molecule has 0 aliphatic rings. The van der Waals surface area contributed by atoms with Crippen LogP contribution in [0.2, 0.25) is 0 Å². The van der Waals surface area contributed by atoms with Crippen LogP contribution in [0.5, 0.6) is 0 Å². The van der Waals surface area contributed by atoms with Gasteiger partial charge in [-0.2, -0.15) is 0 Å². The Morgan fingerprint density at radius 1 is 1.24 bits per heavy atom. The molecule has 0 radical (unpaired) electrons. The summed E-state index contributed by atoms with van der Waals surface area (Å²) in [5.74, 6) is 1.62. The third-order valence-electron chi connectivity index (χ3n) is 3.06. The SMILES string of the molecule is Cc1c(N)nc(C(C)(C)C)nc1NCCS(=O)(=O)N(C)C. The van der Waals surface area contributed by atoms with E-state index < -0.39 is 10.0 Å². The molecule has 0 atom stereocenters. The Kier molecular flexibility index (Phi) is 5.16. The minimum absolute atomic E-state index is 0.00576. The first-order valence-electron chi connectivity index (χ1n) is 6.74. The number of hydrogen-bond acceptors (Lipinski definition) is 6. The molecule has 1 heterocycles. The maximum atomic E-state index is 11.7. The quantitative estimate of drug-likeness (QED) is 0.839. The number of nitrogens with one attached hydrogen (secondary N) is 1. The molecular formula is C13H25N5O2S. The molecule has 0 bridgehead atoms. The summed E-state index contributed by atoms with van der Waals surface area (Å²) in [5.41, 5.74) is 6.41. The van der Waals surface area contributed by atoms with E-state index in [1.807, 2.05) is 27.7 Å². The highest BCUT2D eigenvalue weighted by molar-refractivity contribution is 7.89. The second kappa shape index (κ2) is 6.15. The van der Waals surface area contributed by atoms with Crippen molar-refractivity contribution in [1.29, 1.82) is 0 Å². The van der Waals surface area contributed by atoms with Crippen molar-refractivity contribution in [3.8, 4) is 0 Å². The van der Waals surface area contributed by atoms with Crippen LogP contribution >= 0.6 is 0 Å². The molecule has 1 aromatic rings. The molecule has 0 aromatic carbocycles. The fraction of sp³-hybridized carbons (Fsp3) is 0.692. The van der Waals surface area contributed by atoms with E-state index in [1.54, 1.807) is 0 Å². The van der Waals surface area contributed by atoms with E-state index in [1.165, 1.54) is 18.4 Å². The molecule has 0 saturated carbocycles. The highest BCUT2D eigenvalue weighted by atomic mass is 32.2. The lowest BCUT2D eigenvalue weighted by atomic mass is 9.95. The molecular weight excluding hydrogens is 290 g/mol. The first kappa shape index (κ1) is 17.6. The maximum absolute atomic E-state index is 11.7. The van der Waals surface area contributed by atoms with Crippen LogP contribution in [0, 0.1) is 6.92 Å². The number of hydrogen-bond donors (Lipinski definition) is 2. The maximum Gasteiger partial charge on any atom is 0.215 e. The topological polar surface area (TPSA) is 101 Å². The molecule has 0 saturated heterocycles. The van der Waals surface area contributed by atoms with E-state index in [-0.39, 0.29) is 17.7 Å². The second-order valence-electron chi connectivity index (χ2n) is 6.18. The minimum atomic E-state index is -3.23. The molecule has 0 aliphatic carbocycles. The normalized spacial score (nSPS) is 12.7. The van der Waals surface area contributed by atoms with Crippen LogP contribution in [0.3, 0.4) is 0 Å². The van der Waals surface area contributed by atoms with Crippen molar-refractivity contribution in [3.05, 3.63) is 11.4 Å². The summed E-state index contributed by atoms with van der Waals surface area (Å²) in [6, 6.07) is 0. The molecule has 7 nitrogen and oxygen atoms in total. The Labute approximate surface area is 127 Å². The van der Waals surface area contributed by atoms with E-state index >= 15 is 0 Å². The van der Waals surface area contributed by atoms with Gasteiger partial charge in [0.05, 0.1) is 5.75 Å². The van der Waals surface area contributed by atoms with Gasteiger partial charge in [0.15, 0.2) is 0 Å². The number of anilines is 2. The molecule has 21 heavy (non-hydrogen) atoms. The zero-order valence-corrected chi connectivity index (χ0v) is 14.4. The number of nitrogen functional groups attached to an aromatic ring is 1. The standard InChI is InChI=1S/C13H25N5O2S/c1-9-10(14)16-12(13(2,3)4)17-11(9)15-7-8-21(19,20)18(5)6/h7-8H2,1-6H3,(H3,14,15,16,17). The van der Waals surface area contributed by atoms with Crippen molar-refractivity contribution in [1.82, 2.24) is 14.3 Å². The lowest BCUT2D eigenvalue weighted by Crippen LogP contribution is -2.29. The van der Waals surface area contributed by atoms with Crippen molar-refractivity contribution in [2.75, 3.05) is 37.4 Å². The lowest BCUT2D eigenvalue weighted by Gasteiger charge is -2.20. The number of nitrogens with two attached hydrogens (primary N) is 1. The minimum Gasteiger partial charge on any atom is -0.383 e. The second-order valence-corrected chi connectivity index (χ2v) is 8.48. The summed E-state index contributed by atoms with van der Waals surface area (Å²) < 4.78 is 24.7. The number of sulfonamides is 1. The first-order chi connectivity index (χ1) is 9.45. The number of nitrogens with zero attached hydrogens (tertiary/aromatic N) is 3. The fourth-order valence-corrected chi connectivity index (χ4v) is 2.25. The predicted molar refractivity (Wildman–Crippen MR) is 85.8 cm³/mol.